The van der Waals surface area contributed by atoms with Crippen LogP contribution in [0.3, 0.4) is 0 Å². The van der Waals surface area contributed by atoms with E-state index in [1.54, 1.807) is 0 Å². The van der Waals surface area contributed by atoms with Gasteiger partial charge in [0, 0.05) is 18.3 Å². The van der Waals surface area contributed by atoms with E-state index in [-0.39, 0.29) is 0 Å². The van der Waals surface area contributed by atoms with Gasteiger partial charge in [0.25, 0.3) is 0 Å². The lowest BCUT2D eigenvalue weighted by Gasteiger charge is -2.15. The van der Waals surface area contributed by atoms with Gasteiger partial charge < -0.3 is 5.32 Å². The molecule has 116 valence electrons. The zero-order chi connectivity index (χ0) is 15.6. The van der Waals surface area contributed by atoms with Crippen LogP contribution in [0.15, 0.2) is 6.07 Å². The zero-order valence-corrected chi connectivity index (χ0v) is 14.2. The fourth-order valence-electron chi connectivity index (χ4n) is 2.49. The second-order valence-electron chi connectivity index (χ2n) is 5.67. The molecule has 6 heteroatoms. The number of nitrogens with zero attached hydrogens (tertiary/aromatic N) is 4. The molecule has 21 heavy (non-hydrogen) atoms. The third-order valence-corrected chi connectivity index (χ3v) is 4.21. The Kier molecular flexibility index (Phi) is 5.06. The molecule has 0 bridgehead atoms. The van der Waals surface area contributed by atoms with Crippen LogP contribution in [0.4, 0.5) is 0 Å². The summed E-state index contributed by atoms with van der Waals surface area (Å²) in [7, 11) is 0. The van der Waals surface area contributed by atoms with Crippen molar-refractivity contribution in [1.82, 2.24) is 24.9 Å². The van der Waals surface area contributed by atoms with Crippen LogP contribution in [0, 0.1) is 27.7 Å². The first-order valence-corrected chi connectivity index (χ1v) is 7.70. The summed E-state index contributed by atoms with van der Waals surface area (Å²) in [5.41, 5.74) is 4.19. The van der Waals surface area contributed by atoms with Gasteiger partial charge in [-0.3, -0.25) is 9.36 Å². The van der Waals surface area contributed by atoms with Crippen molar-refractivity contribution in [3.63, 3.8) is 0 Å². The molecule has 1 unspecified atom stereocenters. The summed E-state index contributed by atoms with van der Waals surface area (Å²) in [6.45, 7) is 12.8. The second kappa shape index (κ2) is 6.62. The molecule has 5 nitrogen and oxygen atoms in total. The van der Waals surface area contributed by atoms with Crippen molar-refractivity contribution in [3.05, 3.63) is 33.9 Å². The smallest absolute Gasteiger partial charge is 0.0844 e. The molecule has 0 aliphatic rings. The minimum Gasteiger partial charge on any atom is -0.311 e. The van der Waals surface area contributed by atoms with Crippen molar-refractivity contribution >= 4 is 11.6 Å². The van der Waals surface area contributed by atoms with Crippen molar-refractivity contribution in [2.24, 2.45) is 0 Å². The van der Waals surface area contributed by atoms with E-state index >= 15 is 0 Å². The van der Waals surface area contributed by atoms with Gasteiger partial charge in [0.1, 0.15) is 0 Å². The van der Waals surface area contributed by atoms with Gasteiger partial charge in [-0.1, -0.05) is 11.6 Å². The largest absolute Gasteiger partial charge is 0.311 e. The zero-order valence-electron chi connectivity index (χ0n) is 13.4. The molecule has 0 amide bonds. The lowest BCUT2D eigenvalue weighted by molar-refractivity contribution is 0.425. The van der Waals surface area contributed by atoms with Gasteiger partial charge in [-0.15, -0.1) is 0 Å². The van der Waals surface area contributed by atoms with Gasteiger partial charge in [-0.25, -0.2) is 0 Å². The van der Waals surface area contributed by atoms with Gasteiger partial charge in [-0.2, -0.15) is 10.2 Å². The molecule has 0 aliphatic carbocycles. The number of rotatable bonds is 6. The minimum absolute atomic E-state index is 0.357. The molecule has 0 aromatic carbocycles. The van der Waals surface area contributed by atoms with Crippen LogP contribution in [0.5, 0.6) is 0 Å². The van der Waals surface area contributed by atoms with E-state index in [2.05, 4.69) is 35.4 Å². The van der Waals surface area contributed by atoms with E-state index in [0.717, 1.165) is 41.7 Å². The molecule has 1 atom stereocenters. The Morgan fingerprint density at radius 1 is 1.19 bits per heavy atom. The lowest BCUT2D eigenvalue weighted by Crippen LogP contribution is -2.33. The maximum atomic E-state index is 6.15. The average Bonchev–Trinajstić information content (AvgIpc) is 2.84. The Balaban J connectivity index is 1.83. The first kappa shape index (κ1) is 16.0. The molecule has 2 rings (SSSR count). The van der Waals surface area contributed by atoms with Gasteiger partial charge in [0.15, 0.2) is 0 Å². The van der Waals surface area contributed by atoms with E-state index in [0.29, 0.717) is 6.04 Å². The van der Waals surface area contributed by atoms with E-state index in [1.807, 2.05) is 30.1 Å². The Morgan fingerprint density at radius 3 is 2.43 bits per heavy atom. The van der Waals surface area contributed by atoms with Gasteiger partial charge in [0.05, 0.1) is 35.2 Å². The number of nitrogens with one attached hydrogen (secondary N) is 1. The van der Waals surface area contributed by atoms with E-state index in [1.165, 1.54) is 5.69 Å². The molecular formula is C15H24ClN5. The van der Waals surface area contributed by atoms with Crippen LogP contribution in [0.1, 0.15) is 29.7 Å². The summed E-state index contributed by atoms with van der Waals surface area (Å²) in [5, 5.41) is 13.2. The first-order chi connectivity index (χ1) is 9.88. The highest BCUT2D eigenvalue weighted by Crippen LogP contribution is 2.18. The molecule has 2 aromatic rings. The Bertz CT molecular complexity index is 614. The maximum absolute atomic E-state index is 6.15. The van der Waals surface area contributed by atoms with Crippen molar-refractivity contribution in [2.45, 2.75) is 53.8 Å². The Hall–Kier alpha value is -1.33. The summed E-state index contributed by atoms with van der Waals surface area (Å²) in [4.78, 5) is 0. The van der Waals surface area contributed by atoms with Gasteiger partial charge in [0.2, 0.25) is 0 Å². The van der Waals surface area contributed by atoms with Crippen LogP contribution < -0.4 is 5.32 Å². The predicted molar refractivity (Wildman–Crippen MR) is 85.9 cm³/mol. The third-order valence-electron chi connectivity index (χ3n) is 3.66. The first-order valence-electron chi connectivity index (χ1n) is 7.32. The van der Waals surface area contributed by atoms with E-state index in [9.17, 15) is 0 Å². The quantitative estimate of drug-likeness (QED) is 0.892. The summed E-state index contributed by atoms with van der Waals surface area (Å²) < 4.78 is 4.01. The SMILES string of the molecule is Cc1cc(C)n(CC(C)NCCn2nc(C)c(Cl)c2C)n1. The standard InChI is InChI=1S/C15H24ClN5/c1-10-8-12(3)21(18-10)9-11(2)17-6-7-20-14(5)15(16)13(4)19-20/h8,11,17H,6-7,9H2,1-5H3. The average molecular weight is 310 g/mol. The van der Waals surface area contributed by atoms with Gasteiger partial charge >= 0.3 is 0 Å². The number of halogens is 1. The summed E-state index contributed by atoms with van der Waals surface area (Å²) in [6.07, 6.45) is 0. The molecule has 0 spiro atoms. The molecule has 0 fully saturated rings. The van der Waals surface area contributed by atoms with Crippen molar-refractivity contribution in [3.8, 4) is 0 Å². The summed E-state index contributed by atoms with van der Waals surface area (Å²) >= 11 is 6.15. The van der Waals surface area contributed by atoms with Crippen LogP contribution in [0.2, 0.25) is 5.02 Å². The second-order valence-corrected chi connectivity index (χ2v) is 6.05. The molecule has 0 aliphatic heterocycles. The van der Waals surface area contributed by atoms with Crippen LogP contribution in [0.25, 0.3) is 0 Å². The van der Waals surface area contributed by atoms with Crippen LogP contribution >= 0.6 is 11.6 Å². The fraction of sp³-hybridized carbons (Fsp3) is 0.600. The Labute approximate surface area is 131 Å². The monoisotopic (exact) mass is 309 g/mol. The van der Waals surface area contributed by atoms with E-state index in [4.69, 9.17) is 11.6 Å². The van der Waals surface area contributed by atoms with Crippen molar-refractivity contribution < 1.29 is 0 Å². The molecule has 2 heterocycles. The highest BCUT2D eigenvalue weighted by atomic mass is 35.5. The molecule has 0 saturated heterocycles. The maximum Gasteiger partial charge on any atom is 0.0844 e. The van der Waals surface area contributed by atoms with Crippen LogP contribution in [-0.4, -0.2) is 32.1 Å². The molecule has 0 radical (unpaired) electrons. The lowest BCUT2D eigenvalue weighted by atomic mass is 10.3. The molecule has 0 saturated carbocycles. The highest BCUT2D eigenvalue weighted by molar-refractivity contribution is 6.31. The number of hydrogen-bond donors (Lipinski definition) is 1. The fourth-order valence-corrected chi connectivity index (χ4v) is 2.63. The summed E-state index contributed by atoms with van der Waals surface area (Å²) in [6, 6.07) is 2.46. The van der Waals surface area contributed by atoms with Crippen molar-refractivity contribution in [1.29, 1.82) is 0 Å². The number of aryl methyl sites for hydroxylation is 3. The molecule has 1 N–H and O–H groups in total. The predicted octanol–water partition coefficient (Wildman–Crippen LogP) is 2.64. The highest BCUT2D eigenvalue weighted by Gasteiger charge is 2.10. The Morgan fingerprint density at radius 2 is 1.90 bits per heavy atom. The number of hydrogen-bond acceptors (Lipinski definition) is 3. The van der Waals surface area contributed by atoms with Gasteiger partial charge in [-0.05, 0) is 40.7 Å². The van der Waals surface area contributed by atoms with E-state index < -0.39 is 0 Å². The van der Waals surface area contributed by atoms with Crippen LogP contribution in [-0.2, 0) is 13.1 Å². The topological polar surface area (TPSA) is 47.7 Å². The minimum atomic E-state index is 0.357. The molecule has 2 aromatic heterocycles. The normalized spacial score (nSPS) is 12.9. The number of aromatic nitrogens is 4. The summed E-state index contributed by atoms with van der Waals surface area (Å²) in [5.74, 6) is 0. The van der Waals surface area contributed by atoms with Crippen molar-refractivity contribution in [2.75, 3.05) is 6.54 Å². The third kappa shape index (κ3) is 3.86. The molecular weight excluding hydrogens is 286 g/mol.